The summed E-state index contributed by atoms with van der Waals surface area (Å²) in [5.74, 6) is 0.264. The lowest BCUT2D eigenvalue weighted by molar-refractivity contribution is -0.145. The van der Waals surface area contributed by atoms with E-state index in [9.17, 15) is 4.79 Å². The van der Waals surface area contributed by atoms with Crippen LogP contribution in [0.15, 0.2) is 18.2 Å². The summed E-state index contributed by atoms with van der Waals surface area (Å²) in [4.78, 5) is 13.2. The second-order valence-corrected chi connectivity index (χ2v) is 5.39. The minimum absolute atomic E-state index is 0.242. The summed E-state index contributed by atoms with van der Waals surface area (Å²) in [5.41, 5.74) is 2.38. The van der Waals surface area contributed by atoms with Gasteiger partial charge in [0.15, 0.2) is 0 Å². The van der Waals surface area contributed by atoms with Crippen molar-refractivity contribution in [2.75, 3.05) is 20.2 Å². The molecular formula is C15H21NO3. The standard InChI is InChI=1S/C15H21NO3/c1-10-6-12(4-5-14(10)19-3)7-16-8-13(9-16)11(2)15(17)18/h4-6,11,13H,7-9H2,1-3H3,(H,17,18). The molecular weight excluding hydrogens is 242 g/mol. The number of benzene rings is 1. The van der Waals surface area contributed by atoms with Gasteiger partial charge in [0.05, 0.1) is 13.0 Å². The van der Waals surface area contributed by atoms with Crippen LogP contribution in [0.2, 0.25) is 0 Å². The molecule has 1 N–H and O–H groups in total. The first-order chi connectivity index (χ1) is 9.01. The summed E-state index contributed by atoms with van der Waals surface area (Å²) in [6.45, 7) is 6.46. The van der Waals surface area contributed by atoms with Gasteiger partial charge in [0.1, 0.15) is 5.75 Å². The maximum atomic E-state index is 10.9. The van der Waals surface area contributed by atoms with E-state index in [0.29, 0.717) is 0 Å². The summed E-state index contributed by atoms with van der Waals surface area (Å²) >= 11 is 0. The van der Waals surface area contributed by atoms with Crippen molar-refractivity contribution >= 4 is 5.97 Å². The van der Waals surface area contributed by atoms with E-state index in [0.717, 1.165) is 30.9 Å². The smallest absolute Gasteiger partial charge is 0.306 e. The highest BCUT2D eigenvalue weighted by Gasteiger charge is 2.34. The normalized spacial score (nSPS) is 17.8. The van der Waals surface area contributed by atoms with Gasteiger partial charge in [-0.1, -0.05) is 19.1 Å². The first-order valence-electron chi connectivity index (χ1n) is 6.60. The minimum atomic E-state index is -0.690. The largest absolute Gasteiger partial charge is 0.496 e. The average molecular weight is 263 g/mol. The second-order valence-electron chi connectivity index (χ2n) is 5.39. The molecule has 1 heterocycles. The molecule has 1 aromatic carbocycles. The molecule has 0 radical (unpaired) electrons. The van der Waals surface area contributed by atoms with Crippen molar-refractivity contribution in [3.8, 4) is 5.75 Å². The third kappa shape index (κ3) is 3.07. The quantitative estimate of drug-likeness (QED) is 0.884. The molecule has 4 heteroatoms. The summed E-state index contributed by atoms with van der Waals surface area (Å²) in [6.07, 6.45) is 0. The van der Waals surface area contributed by atoms with Crippen LogP contribution in [0.4, 0.5) is 0 Å². The molecule has 0 saturated carbocycles. The lowest BCUT2D eigenvalue weighted by Crippen LogP contribution is -2.50. The third-order valence-electron chi connectivity index (χ3n) is 3.95. The van der Waals surface area contributed by atoms with Crippen molar-refractivity contribution in [1.29, 1.82) is 0 Å². The molecule has 0 bridgehead atoms. The van der Waals surface area contributed by atoms with Gasteiger partial charge in [0, 0.05) is 19.6 Å². The topological polar surface area (TPSA) is 49.8 Å². The van der Waals surface area contributed by atoms with Crippen LogP contribution in [0.25, 0.3) is 0 Å². The summed E-state index contributed by atoms with van der Waals surface area (Å²) in [6, 6.07) is 6.19. The van der Waals surface area contributed by atoms with E-state index in [-0.39, 0.29) is 11.8 Å². The van der Waals surface area contributed by atoms with Gasteiger partial charge < -0.3 is 9.84 Å². The fourth-order valence-electron chi connectivity index (χ4n) is 2.55. The number of nitrogens with zero attached hydrogens (tertiary/aromatic N) is 1. The van der Waals surface area contributed by atoms with E-state index >= 15 is 0 Å². The van der Waals surface area contributed by atoms with Crippen LogP contribution < -0.4 is 4.74 Å². The molecule has 0 aliphatic carbocycles. The SMILES string of the molecule is COc1ccc(CN2CC(C(C)C(=O)O)C2)cc1C. The lowest BCUT2D eigenvalue weighted by atomic mass is 9.87. The number of likely N-dealkylation sites (tertiary alicyclic amines) is 1. The van der Waals surface area contributed by atoms with Crippen molar-refractivity contribution in [2.24, 2.45) is 11.8 Å². The molecule has 2 rings (SSSR count). The number of carboxylic acids is 1. The highest BCUT2D eigenvalue weighted by molar-refractivity contribution is 5.70. The van der Waals surface area contributed by atoms with Crippen molar-refractivity contribution in [1.82, 2.24) is 4.90 Å². The van der Waals surface area contributed by atoms with Crippen LogP contribution in [0.3, 0.4) is 0 Å². The van der Waals surface area contributed by atoms with Gasteiger partial charge in [0.25, 0.3) is 0 Å². The summed E-state index contributed by atoms with van der Waals surface area (Å²) in [7, 11) is 1.68. The Hall–Kier alpha value is -1.55. The Morgan fingerprint density at radius 1 is 1.53 bits per heavy atom. The molecule has 1 aliphatic rings. The fraction of sp³-hybridized carbons (Fsp3) is 0.533. The molecule has 1 fully saturated rings. The van der Waals surface area contributed by atoms with E-state index in [4.69, 9.17) is 9.84 Å². The van der Waals surface area contributed by atoms with Gasteiger partial charge in [-0.3, -0.25) is 9.69 Å². The maximum Gasteiger partial charge on any atom is 0.306 e. The highest BCUT2D eigenvalue weighted by Crippen LogP contribution is 2.27. The Labute approximate surface area is 114 Å². The molecule has 4 nitrogen and oxygen atoms in total. The molecule has 1 aromatic rings. The molecule has 0 amide bonds. The molecule has 1 saturated heterocycles. The number of rotatable bonds is 5. The fourth-order valence-corrected chi connectivity index (χ4v) is 2.55. The maximum absolute atomic E-state index is 10.9. The van der Waals surface area contributed by atoms with E-state index in [2.05, 4.69) is 17.0 Å². The Kier molecular flexibility index (Phi) is 4.10. The van der Waals surface area contributed by atoms with Crippen molar-refractivity contribution in [3.63, 3.8) is 0 Å². The van der Waals surface area contributed by atoms with Crippen molar-refractivity contribution in [3.05, 3.63) is 29.3 Å². The molecule has 0 aromatic heterocycles. The van der Waals surface area contributed by atoms with E-state index in [1.807, 2.05) is 13.0 Å². The zero-order valence-corrected chi connectivity index (χ0v) is 11.7. The van der Waals surface area contributed by atoms with Gasteiger partial charge in [-0.15, -0.1) is 0 Å². The van der Waals surface area contributed by atoms with Crippen LogP contribution >= 0.6 is 0 Å². The zero-order valence-electron chi connectivity index (χ0n) is 11.7. The Bertz CT molecular complexity index is 466. The van der Waals surface area contributed by atoms with Gasteiger partial charge in [-0.25, -0.2) is 0 Å². The number of methoxy groups -OCH3 is 1. The van der Waals surface area contributed by atoms with Gasteiger partial charge in [0.2, 0.25) is 0 Å². The van der Waals surface area contributed by atoms with Crippen LogP contribution in [0, 0.1) is 18.8 Å². The minimum Gasteiger partial charge on any atom is -0.496 e. The number of hydrogen-bond acceptors (Lipinski definition) is 3. The van der Waals surface area contributed by atoms with Crippen molar-refractivity contribution in [2.45, 2.75) is 20.4 Å². The highest BCUT2D eigenvalue weighted by atomic mass is 16.5. The number of hydrogen-bond donors (Lipinski definition) is 1. The zero-order chi connectivity index (χ0) is 14.0. The molecule has 1 atom stereocenters. The molecule has 1 unspecified atom stereocenters. The van der Waals surface area contributed by atoms with E-state index < -0.39 is 5.97 Å². The molecule has 0 spiro atoms. The van der Waals surface area contributed by atoms with E-state index in [1.165, 1.54) is 5.56 Å². The summed E-state index contributed by atoms with van der Waals surface area (Å²) < 4.78 is 5.24. The molecule has 19 heavy (non-hydrogen) atoms. The first-order valence-corrected chi connectivity index (χ1v) is 6.60. The molecule has 104 valence electrons. The number of ether oxygens (including phenoxy) is 1. The third-order valence-corrected chi connectivity index (χ3v) is 3.95. The first kappa shape index (κ1) is 13.9. The van der Waals surface area contributed by atoms with Gasteiger partial charge in [-0.05, 0) is 30.0 Å². The molecule has 1 aliphatic heterocycles. The number of aliphatic carboxylic acids is 1. The second kappa shape index (κ2) is 5.61. The number of carboxylic acid groups (broad SMARTS) is 1. The monoisotopic (exact) mass is 263 g/mol. The van der Waals surface area contributed by atoms with Crippen LogP contribution in [0.5, 0.6) is 5.75 Å². The lowest BCUT2D eigenvalue weighted by Gasteiger charge is -2.41. The van der Waals surface area contributed by atoms with Crippen LogP contribution in [-0.4, -0.2) is 36.2 Å². The Balaban J connectivity index is 1.88. The number of aryl methyl sites for hydroxylation is 1. The average Bonchev–Trinajstić information content (AvgIpc) is 2.32. The predicted octanol–water partition coefficient (Wildman–Crippen LogP) is 2.16. The van der Waals surface area contributed by atoms with Crippen molar-refractivity contribution < 1.29 is 14.6 Å². The Morgan fingerprint density at radius 3 is 2.74 bits per heavy atom. The van der Waals surface area contributed by atoms with Crippen LogP contribution in [0.1, 0.15) is 18.1 Å². The van der Waals surface area contributed by atoms with E-state index in [1.54, 1.807) is 14.0 Å². The van der Waals surface area contributed by atoms with Gasteiger partial charge in [-0.2, -0.15) is 0 Å². The van der Waals surface area contributed by atoms with Gasteiger partial charge >= 0.3 is 5.97 Å². The van der Waals surface area contributed by atoms with Crippen LogP contribution in [-0.2, 0) is 11.3 Å². The summed E-state index contributed by atoms with van der Waals surface area (Å²) in [5, 5.41) is 8.96. The predicted molar refractivity (Wildman–Crippen MR) is 73.3 cm³/mol. The number of carbonyl (C=O) groups is 1. The Morgan fingerprint density at radius 2 is 2.21 bits per heavy atom.